The number of hydrogen-bond donors (Lipinski definition) is 1. The first-order valence-electron chi connectivity index (χ1n) is 6.84. The summed E-state index contributed by atoms with van der Waals surface area (Å²) in [7, 11) is 0. The number of amides is 1. The van der Waals surface area contributed by atoms with Crippen molar-refractivity contribution >= 4 is 11.6 Å². The zero-order valence-corrected chi connectivity index (χ0v) is 12.7. The molecular weight excluding hydrogens is 266 g/mol. The minimum absolute atomic E-state index is 0.0339. The molecule has 0 saturated heterocycles. The van der Waals surface area contributed by atoms with Gasteiger partial charge in [-0.05, 0) is 39.8 Å². The van der Waals surface area contributed by atoms with E-state index in [1.165, 1.54) is 6.33 Å². The summed E-state index contributed by atoms with van der Waals surface area (Å²) in [6.07, 6.45) is 1.49. The van der Waals surface area contributed by atoms with Gasteiger partial charge < -0.3 is 10.1 Å². The van der Waals surface area contributed by atoms with Crippen molar-refractivity contribution in [1.82, 2.24) is 9.97 Å². The average Bonchev–Trinajstić information content (AvgIpc) is 2.40. The molecule has 110 valence electrons. The van der Waals surface area contributed by atoms with Crippen molar-refractivity contribution in [3.63, 3.8) is 0 Å². The number of ether oxygens (including phenoxy) is 1. The number of anilines is 1. The Labute approximate surface area is 124 Å². The van der Waals surface area contributed by atoms with Crippen LogP contribution < -0.4 is 10.1 Å². The van der Waals surface area contributed by atoms with Crippen LogP contribution in [0, 0.1) is 13.8 Å². The maximum atomic E-state index is 12.4. The lowest BCUT2D eigenvalue weighted by Gasteiger charge is -2.15. The first-order chi connectivity index (χ1) is 9.99. The van der Waals surface area contributed by atoms with Gasteiger partial charge in [0.25, 0.3) is 5.91 Å². The molecule has 5 heteroatoms. The third-order valence-corrected chi connectivity index (χ3v) is 2.95. The van der Waals surface area contributed by atoms with Crippen molar-refractivity contribution in [1.29, 1.82) is 0 Å². The summed E-state index contributed by atoms with van der Waals surface area (Å²) in [6, 6.07) is 7.36. The zero-order valence-electron chi connectivity index (χ0n) is 12.7. The number of benzene rings is 1. The molecule has 0 aliphatic heterocycles. The monoisotopic (exact) mass is 285 g/mol. The second-order valence-electron chi connectivity index (χ2n) is 5.04. The number of para-hydroxylation sites is 2. The Morgan fingerprint density at radius 2 is 1.76 bits per heavy atom. The molecule has 0 aliphatic rings. The van der Waals surface area contributed by atoms with E-state index in [0.29, 0.717) is 28.4 Å². The minimum atomic E-state index is -0.231. The van der Waals surface area contributed by atoms with Crippen LogP contribution in [0.2, 0.25) is 0 Å². The van der Waals surface area contributed by atoms with Crippen LogP contribution in [-0.2, 0) is 0 Å². The van der Waals surface area contributed by atoms with Crippen LogP contribution >= 0.6 is 0 Å². The van der Waals surface area contributed by atoms with E-state index in [4.69, 9.17) is 4.74 Å². The predicted octanol–water partition coefficient (Wildman–Crippen LogP) is 3.13. The van der Waals surface area contributed by atoms with Crippen molar-refractivity contribution in [2.45, 2.75) is 33.8 Å². The van der Waals surface area contributed by atoms with E-state index in [1.54, 1.807) is 13.8 Å². The predicted molar refractivity (Wildman–Crippen MR) is 81.7 cm³/mol. The van der Waals surface area contributed by atoms with Crippen LogP contribution in [-0.4, -0.2) is 22.0 Å². The second kappa shape index (κ2) is 6.35. The summed E-state index contributed by atoms with van der Waals surface area (Å²) in [5, 5.41) is 2.87. The van der Waals surface area contributed by atoms with Gasteiger partial charge in [0.2, 0.25) is 0 Å². The topological polar surface area (TPSA) is 64.1 Å². The fraction of sp³-hybridized carbons (Fsp3) is 0.312. The van der Waals surface area contributed by atoms with Gasteiger partial charge >= 0.3 is 0 Å². The van der Waals surface area contributed by atoms with Gasteiger partial charge in [-0.3, -0.25) is 4.79 Å². The molecule has 1 N–H and O–H groups in total. The largest absolute Gasteiger partial charge is 0.489 e. The zero-order chi connectivity index (χ0) is 15.4. The number of carbonyl (C=O) groups is 1. The van der Waals surface area contributed by atoms with Crippen LogP contribution in [0.15, 0.2) is 30.6 Å². The maximum absolute atomic E-state index is 12.4. The summed E-state index contributed by atoms with van der Waals surface area (Å²) in [4.78, 5) is 20.6. The van der Waals surface area contributed by atoms with Crippen molar-refractivity contribution in [2.75, 3.05) is 5.32 Å². The Hall–Kier alpha value is -2.43. The summed E-state index contributed by atoms with van der Waals surface area (Å²) in [6.45, 7) is 7.47. The number of nitrogens with one attached hydrogen (secondary N) is 1. The van der Waals surface area contributed by atoms with Gasteiger partial charge in [-0.2, -0.15) is 0 Å². The average molecular weight is 285 g/mol. The van der Waals surface area contributed by atoms with Gasteiger partial charge in [0.15, 0.2) is 0 Å². The molecule has 0 radical (unpaired) electrons. The highest BCUT2D eigenvalue weighted by molar-refractivity contribution is 6.06. The molecule has 0 spiro atoms. The van der Waals surface area contributed by atoms with E-state index < -0.39 is 0 Å². The van der Waals surface area contributed by atoms with Crippen molar-refractivity contribution < 1.29 is 9.53 Å². The summed E-state index contributed by atoms with van der Waals surface area (Å²) < 4.78 is 5.70. The highest BCUT2D eigenvalue weighted by Gasteiger charge is 2.16. The molecule has 1 amide bonds. The molecule has 21 heavy (non-hydrogen) atoms. The van der Waals surface area contributed by atoms with Gasteiger partial charge in [-0.15, -0.1) is 0 Å². The lowest BCUT2D eigenvalue weighted by Crippen LogP contribution is -2.18. The SMILES string of the molecule is Cc1ncnc(C)c1C(=O)Nc1ccccc1OC(C)C. The molecule has 0 saturated carbocycles. The summed E-state index contributed by atoms with van der Waals surface area (Å²) >= 11 is 0. The highest BCUT2D eigenvalue weighted by Crippen LogP contribution is 2.25. The molecule has 2 aromatic rings. The number of nitrogens with zero attached hydrogens (tertiary/aromatic N) is 2. The molecule has 0 unspecified atom stereocenters. The normalized spacial score (nSPS) is 10.5. The van der Waals surface area contributed by atoms with Gasteiger partial charge in [0.05, 0.1) is 28.7 Å². The second-order valence-corrected chi connectivity index (χ2v) is 5.04. The van der Waals surface area contributed by atoms with E-state index in [2.05, 4.69) is 15.3 Å². The van der Waals surface area contributed by atoms with Gasteiger partial charge in [-0.1, -0.05) is 12.1 Å². The minimum Gasteiger partial charge on any atom is -0.489 e. The highest BCUT2D eigenvalue weighted by atomic mass is 16.5. The molecule has 1 aromatic carbocycles. The maximum Gasteiger partial charge on any atom is 0.259 e. The molecule has 0 fully saturated rings. The summed E-state index contributed by atoms with van der Waals surface area (Å²) in [5.74, 6) is 0.415. The van der Waals surface area contributed by atoms with Crippen molar-refractivity contribution in [3.05, 3.63) is 47.5 Å². The lowest BCUT2D eigenvalue weighted by molar-refractivity contribution is 0.102. The van der Waals surface area contributed by atoms with Crippen LogP contribution in [0.3, 0.4) is 0 Å². The third kappa shape index (κ3) is 3.56. The van der Waals surface area contributed by atoms with E-state index in [-0.39, 0.29) is 12.0 Å². The van der Waals surface area contributed by atoms with E-state index in [9.17, 15) is 4.79 Å². The Kier molecular flexibility index (Phi) is 4.52. The van der Waals surface area contributed by atoms with Gasteiger partial charge in [-0.25, -0.2) is 9.97 Å². The third-order valence-electron chi connectivity index (χ3n) is 2.95. The molecule has 1 heterocycles. The van der Waals surface area contributed by atoms with Crippen molar-refractivity contribution in [2.24, 2.45) is 0 Å². The Morgan fingerprint density at radius 3 is 2.38 bits per heavy atom. The molecule has 0 aliphatic carbocycles. The Bertz CT molecular complexity index is 633. The van der Waals surface area contributed by atoms with Crippen LogP contribution in [0.5, 0.6) is 5.75 Å². The first-order valence-corrected chi connectivity index (χ1v) is 6.84. The Morgan fingerprint density at radius 1 is 1.14 bits per heavy atom. The quantitative estimate of drug-likeness (QED) is 0.937. The van der Waals surface area contributed by atoms with Crippen LogP contribution in [0.25, 0.3) is 0 Å². The fourth-order valence-corrected chi connectivity index (χ4v) is 2.03. The lowest BCUT2D eigenvalue weighted by atomic mass is 10.1. The number of aryl methyl sites for hydroxylation is 2. The van der Waals surface area contributed by atoms with E-state index in [0.717, 1.165) is 0 Å². The van der Waals surface area contributed by atoms with E-state index in [1.807, 2.05) is 38.1 Å². The fourth-order valence-electron chi connectivity index (χ4n) is 2.03. The van der Waals surface area contributed by atoms with Gasteiger partial charge in [0.1, 0.15) is 12.1 Å². The Balaban J connectivity index is 2.28. The van der Waals surface area contributed by atoms with Crippen LogP contribution in [0.1, 0.15) is 35.6 Å². The van der Waals surface area contributed by atoms with E-state index >= 15 is 0 Å². The molecule has 2 rings (SSSR count). The number of hydrogen-bond acceptors (Lipinski definition) is 4. The smallest absolute Gasteiger partial charge is 0.259 e. The number of rotatable bonds is 4. The molecule has 5 nitrogen and oxygen atoms in total. The van der Waals surface area contributed by atoms with Gasteiger partial charge in [0, 0.05) is 0 Å². The standard InChI is InChI=1S/C16H19N3O2/c1-10(2)21-14-8-6-5-7-13(14)19-16(20)15-11(3)17-9-18-12(15)4/h5-10H,1-4H3,(H,19,20). The molecular formula is C16H19N3O2. The summed E-state index contributed by atoms with van der Waals surface area (Å²) in [5.41, 5.74) is 2.44. The molecule has 0 atom stereocenters. The number of carbonyl (C=O) groups excluding carboxylic acids is 1. The van der Waals surface area contributed by atoms with Crippen molar-refractivity contribution in [3.8, 4) is 5.75 Å². The molecule has 0 bridgehead atoms. The molecule has 1 aromatic heterocycles. The number of aromatic nitrogens is 2. The first kappa shape index (κ1) is 15.0. The van der Waals surface area contributed by atoms with Crippen LogP contribution in [0.4, 0.5) is 5.69 Å².